The molecule has 0 aromatic carbocycles. The van der Waals surface area contributed by atoms with Gasteiger partial charge in [0.15, 0.2) is 0 Å². The average molecular weight is 295 g/mol. The molecule has 1 saturated heterocycles. The second-order valence-corrected chi connectivity index (χ2v) is 6.17. The van der Waals surface area contributed by atoms with Gasteiger partial charge in [-0.25, -0.2) is 0 Å². The molecule has 21 heavy (non-hydrogen) atoms. The lowest BCUT2D eigenvalue weighted by molar-refractivity contribution is -0.132. The van der Waals surface area contributed by atoms with Gasteiger partial charge in [0.25, 0.3) is 0 Å². The fourth-order valence-electron chi connectivity index (χ4n) is 2.88. The normalized spacial score (nSPS) is 21.8. The van der Waals surface area contributed by atoms with Crippen molar-refractivity contribution in [3.8, 4) is 0 Å². The highest BCUT2D eigenvalue weighted by molar-refractivity contribution is 5.77. The lowest BCUT2D eigenvalue weighted by atomic mass is 10.1. The van der Waals surface area contributed by atoms with Crippen LogP contribution in [0.15, 0.2) is 12.2 Å². The van der Waals surface area contributed by atoms with Crippen LogP contribution in [0.4, 0.5) is 0 Å². The molecule has 2 atom stereocenters. The average Bonchev–Trinajstić information content (AvgIpc) is 2.66. The van der Waals surface area contributed by atoms with E-state index in [9.17, 15) is 9.90 Å². The maximum atomic E-state index is 12.3. The molecule has 0 saturated carbocycles. The van der Waals surface area contributed by atoms with Crippen LogP contribution in [0.3, 0.4) is 0 Å². The molecule has 1 heterocycles. The van der Waals surface area contributed by atoms with Gasteiger partial charge in [-0.05, 0) is 25.7 Å². The minimum atomic E-state index is -0.380. The molecule has 1 aliphatic heterocycles. The van der Waals surface area contributed by atoms with Crippen LogP contribution in [-0.2, 0) is 4.79 Å². The summed E-state index contributed by atoms with van der Waals surface area (Å²) in [5.41, 5.74) is 0. The summed E-state index contributed by atoms with van der Waals surface area (Å²) in [5.74, 6) is 0.295. The van der Waals surface area contributed by atoms with Gasteiger partial charge in [0.2, 0.25) is 5.91 Å². The Morgan fingerprint density at radius 2 is 2.00 bits per heavy atom. The summed E-state index contributed by atoms with van der Waals surface area (Å²) in [5, 5.41) is 9.69. The number of likely N-dealkylation sites (tertiary alicyclic amines) is 1. The van der Waals surface area contributed by atoms with Crippen molar-refractivity contribution in [3.63, 3.8) is 0 Å². The van der Waals surface area contributed by atoms with Gasteiger partial charge >= 0.3 is 0 Å². The summed E-state index contributed by atoms with van der Waals surface area (Å²) >= 11 is 0. The van der Waals surface area contributed by atoms with Crippen LogP contribution in [0, 0.1) is 0 Å². The van der Waals surface area contributed by atoms with Crippen molar-refractivity contribution in [1.82, 2.24) is 4.90 Å². The number of hydrogen-bond acceptors (Lipinski definition) is 2. The first-order chi connectivity index (χ1) is 10.2. The van der Waals surface area contributed by atoms with Crippen molar-refractivity contribution in [2.24, 2.45) is 0 Å². The van der Waals surface area contributed by atoms with Crippen molar-refractivity contribution >= 4 is 5.91 Å². The van der Waals surface area contributed by atoms with Crippen molar-refractivity contribution in [2.75, 3.05) is 6.54 Å². The maximum absolute atomic E-state index is 12.3. The summed E-state index contributed by atoms with van der Waals surface area (Å²) < 4.78 is 0. The Morgan fingerprint density at radius 1 is 1.24 bits per heavy atom. The lowest BCUT2D eigenvalue weighted by Crippen LogP contribution is -2.38. The van der Waals surface area contributed by atoms with E-state index in [0.717, 1.165) is 38.6 Å². The van der Waals surface area contributed by atoms with Gasteiger partial charge in [-0.15, -0.1) is 0 Å². The number of rotatable bonds is 9. The van der Waals surface area contributed by atoms with Crippen molar-refractivity contribution in [2.45, 2.75) is 90.2 Å². The van der Waals surface area contributed by atoms with E-state index in [1.807, 2.05) is 13.0 Å². The zero-order chi connectivity index (χ0) is 15.5. The largest absolute Gasteiger partial charge is 0.389 e. The van der Waals surface area contributed by atoms with E-state index in [1.54, 1.807) is 0 Å². The number of carbonyl (C=O) groups is 1. The molecule has 0 radical (unpaired) electrons. The molecule has 1 rings (SSSR count). The third kappa shape index (κ3) is 7.12. The molecule has 122 valence electrons. The Kier molecular flexibility index (Phi) is 9.40. The quantitative estimate of drug-likeness (QED) is 0.515. The van der Waals surface area contributed by atoms with Gasteiger partial charge in [-0.3, -0.25) is 4.79 Å². The van der Waals surface area contributed by atoms with Crippen LogP contribution < -0.4 is 0 Å². The summed E-state index contributed by atoms with van der Waals surface area (Å²) in [7, 11) is 0. The smallest absolute Gasteiger partial charge is 0.223 e. The molecule has 1 unspecified atom stereocenters. The Bertz CT molecular complexity index is 314. The number of carbonyl (C=O) groups excluding carboxylic acids is 1. The van der Waals surface area contributed by atoms with Crippen LogP contribution in [-0.4, -0.2) is 34.6 Å². The molecule has 1 amide bonds. The van der Waals surface area contributed by atoms with Crippen LogP contribution in [0.1, 0.15) is 78.1 Å². The second-order valence-electron chi connectivity index (χ2n) is 6.17. The van der Waals surface area contributed by atoms with Gasteiger partial charge in [-0.1, -0.05) is 58.1 Å². The minimum Gasteiger partial charge on any atom is -0.389 e. The Labute approximate surface area is 130 Å². The number of unbranched alkanes of at least 4 members (excludes halogenated alkanes) is 4. The highest BCUT2D eigenvalue weighted by Gasteiger charge is 2.23. The number of aliphatic hydroxyl groups is 1. The van der Waals surface area contributed by atoms with Crippen LogP contribution in [0.2, 0.25) is 0 Å². The summed E-state index contributed by atoms with van der Waals surface area (Å²) in [6, 6.07) is 0.187. The summed E-state index contributed by atoms with van der Waals surface area (Å²) in [6.07, 6.45) is 14.2. The molecule has 3 nitrogen and oxygen atoms in total. The zero-order valence-electron chi connectivity index (χ0n) is 13.9. The molecule has 0 aromatic rings. The number of hydrogen-bond donors (Lipinski definition) is 1. The number of aliphatic hydroxyl groups excluding tert-OH is 1. The fraction of sp³-hybridized carbons (Fsp3) is 0.833. The second kappa shape index (κ2) is 10.8. The Morgan fingerprint density at radius 3 is 2.71 bits per heavy atom. The van der Waals surface area contributed by atoms with Gasteiger partial charge in [0.1, 0.15) is 0 Å². The van der Waals surface area contributed by atoms with Crippen LogP contribution in [0.5, 0.6) is 0 Å². The van der Waals surface area contributed by atoms with Crippen molar-refractivity contribution in [1.29, 1.82) is 0 Å². The SMILES string of the molecule is CCCCCCCN1C(=O)CCCC[C@@H]1/C=C/C(O)CC. The molecule has 1 aliphatic rings. The third-order valence-electron chi connectivity index (χ3n) is 4.34. The van der Waals surface area contributed by atoms with Gasteiger partial charge in [0.05, 0.1) is 12.1 Å². The predicted molar refractivity (Wildman–Crippen MR) is 88.2 cm³/mol. The van der Waals surface area contributed by atoms with Crippen molar-refractivity contribution in [3.05, 3.63) is 12.2 Å². The van der Waals surface area contributed by atoms with E-state index in [4.69, 9.17) is 0 Å². The highest BCUT2D eigenvalue weighted by Crippen LogP contribution is 2.20. The van der Waals surface area contributed by atoms with Crippen LogP contribution in [0.25, 0.3) is 0 Å². The topological polar surface area (TPSA) is 40.5 Å². The molecule has 1 N–H and O–H groups in total. The highest BCUT2D eigenvalue weighted by atomic mass is 16.3. The van der Waals surface area contributed by atoms with Crippen LogP contribution >= 0.6 is 0 Å². The molecule has 0 spiro atoms. The van der Waals surface area contributed by atoms with E-state index >= 15 is 0 Å². The van der Waals surface area contributed by atoms with E-state index in [0.29, 0.717) is 12.3 Å². The maximum Gasteiger partial charge on any atom is 0.223 e. The third-order valence-corrected chi connectivity index (χ3v) is 4.34. The van der Waals surface area contributed by atoms with Gasteiger partial charge < -0.3 is 10.0 Å². The molecular formula is C18H33NO2. The lowest BCUT2D eigenvalue weighted by Gasteiger charge is -2.28. The van der Waals surface area contributed by atoms with Gasteiger partial charge in [0, 0.05) is 13.0 Å². The molecule has 0 aliphatic carbocycles. The first-order valence-electron chi connectivity index (χ1n) is 8.84. The first kappa shape index (κ1) is 18.2. The Balaban J connectivity index is 2.53. The number of nitrogens with zero attached hydrogens (tertiary/aromatic N) is 1. The molecular weight excluding hydrogens is 262 g/mol. The van der Waals surface area contributed by atoms with Gasteiger partial charge in [-0.2, -0.15) is 0 Å². The van der Waals surface area contributed by atoms with Crippen molar-refractivity contribution < 1.29 is 9.90 Å². The predicted octanol–water partition coefficient (Wildman–Crippen LogP) is 4.06. The molecule has 0 bridgehead atoms. The Hall–Kier alpha value is -0.830. The summed E-state index contributed by atoms with van der Waals surface area (Å²) in [6.45, 7) is 5.07. The monoisotopic (exact) mass is 295 g/mol. The minimum absolute atomic E-state index is 0.187. The molecule has 3 heteroatoms. The van der Waals surface area contributed by atoms with E-state index in [2.05, 4.69) is 17.9 Å². The van der Waals surface area contributed by atoms with E-state index in [1.165, 1.54) is 25.7 Å². The van der Waals surface area contributed by atoms with E-state index in [-0.39, 0.29) is 12.1 Å². The fourth-order valence-corrected chi connectivity index (χ4v) is 2.88. The first-order valence-corrected chi connectivity index (χ1v) is 8.84. The zero-order valence-corrected chi connectivity index (χ0v) is 13.9. The van der Waals surface area contributed by atoms with E-state index < -0.39 is 0 Å². The molecule has 0 aromatic heterocycles. The molecule has 1 fully saturated rings. The summed E-state index contributed by atoms with van der Waals surface area (Å²) in [4.78, 5) is 14.3. The standard InChI is InChI=1S/C18H33NO2/c1-3-5-6-7-10-15-19-16(13-14-17(20)4-2)11-8-9-12-18(19)21/h13-14,16-17,20H,3-12,15H2,1-2H3/b14-13+/t16-,17?/m1/s1. The number of amides is 1.